The Balaban J connectivity index is 1.99. The number of fused-ring (bicyclic) bond motifs is 1. The summed E-state index contributed by atoms with van der Waals surface area (Å²) in [5.41, 5.74) is 5.34. The molecule has 0 atom stereocenters. The predicted octanol–water partition coefficient (Wildman–Crippen LogP) is 4.39. The number of benzene rings is 2. The van der Waals surface area contributed by atoms with Crippen LogP contribution in [0.1, 0.15) is 16.1 Å². The number of aromatic amines is 1. The molecule has 26 heavy (non-hydrogen) atoms. The van der Waals surface area contributed by atoms with E-state index >= 15 is 0 Å². The highest BCUT2D eigenvalue weighted by atomic mass is 16.5. The molecule has 0 aliphatic carbocycles. The van der Waals surface area contributed by atoms with E-state index < -0.39 is 5.97 Å². The lowest BCUT2D eigenvalue weighted by molar-refractivity contribution is 0.0599. The minimum Gasteiger partial charge on any atom is -0.465 e. The van der Waals surface area contributed by atoms with Gasteiger partial charge in [-0.2, -0.15) is 0 Å². The zero-order valence-electron chi connectivity index (χ0n) is 14.5. The van der Waals surface area contributed by atoms with E-state index in [1.807, 2.05) is 54.6 Å². The van der Waals surface area contributed by atoms with Gasteiger partial charge in [-0.25, -0.2) is 9.78 Å². The summed E-state index contributed by atoms with van der Waals surface area (Å²) in [4.78, 5) is 24.8. The lowest BCUT2D eigenvalue weighted by Crippen LogP contribution is -2.07. The Morgan fingerprint density at radius 1 is 1.00 bits per heavy atom. The second kappa shape index (κ2) is 6.44. The third-order valence-electron chi connectivity index (χ3n) is 4.31. The molecule has 0 saturated heterocycles. The topological polar surface area (TPSA) is 67.9 Å². The molecule has 0 bridgehead atoms. The van der Waals surface area contributed by atoms with Crippen LogP contribution in [0.25, 0.3) is 33.7 Å². The van der Waals surface area contributed by atoms with Crippen molar-refractivity contribution in [2.24, 2.45) is 0 Å². The van der Waals surface area contributed by atoms with Crippen LogP contribution in [0, 0.1) is 6.92 Å². The molecule has 0 spiro atoms. The number of para-hydroxylation sites is 2. The molecule has 0 fully saturated rings. The van der Waals surface area contributed by atoms with Gasteiger partial charge in [0.05, 0.1) is 35.1 Å². The summed E-state index contributed by atoms with van der Waals surface area (Å²) < 4.78 is 4.90. The van der Waals surface area contributed by atoms with Crippen molar-refractivity contribution in [3.8, 4) is 22.6 Å². The van der Waals surface area contributed by atoms with E-state index in [1.165, 1.54) is 7.11 Å². The molecular weight excluding hydrogens is 326 g/mol. The number of carbonyl (C=O) groups is 1. The van der Waals surface area contributed by atoms with Gasteiger partial charge in [-0.15, -0.1) is 0 Å². The maximum atomic E-state index is 12.1. The van der Waals surface area contributed by atoms with Crippen molar-refractivity contribution in [2.75, 3.05) is 7.11 Å². The van der Waals surface area contributed by atoms with Crippen molar-refractivity contribution < 1.29 is 9.53 Å². The number of carbonyl (C=O) groups excluding carboxylic acids is 1. The first kappa shape index (κ1) is 16.0. The van der Waals surface area contributed by atoms with E-state index in [-0.39, 0.29) is 0 Å². The Morgan fingerprint density at radius 3 is 2.46 bits per heavy atom. The molecule has 5 nitrogen and oxygen atoms in total. The van der Waals surface area contributed by atoms with Crippen molar-refractivity contribution >= 4 is 17.0 Å². The first-order valence-corrected chi connectivity index (χ1v) is 8.28. The second-order valence-corrected chi connectivity index (χ2v) is 5.98. The van der Waals surface area contributed by atoms with Gasteiger partial charge in [0, 0.05) is 11.1 Å². The van der Waals surface area contributed by atoms with Crippen LogP contribution in [-0.4, -0.2) is 28.0 Å². The summed E-state index contributed by atoms with van der Waals surface area (Å²) in [6.45, 7) is 1.81. The van der Waals surface area contributed by atoms with Gasteiger partial charge >= 0.3 is 5.97 Å². The molecular formula is C21H17N3O2. The summed E-state index contributed by atoms with van der Waals surface area (Å²) in [6, 6.07) is 19.5. The van der Waals surface area contributed by atoms with E-state index in [1.54, 1.807) is 13.0 Å². The summed E-state index contributed by atoms with van der Waals surface area (Å²) >= 11 is 0. The van der Waals surface area contributed by atoms with Crippen molar-refractivity contribution in [3.63, 3.8) is 0 Å². The second-order valence-electron chi connectivity index (χ2n) is 5.98. The van der Waals surface area contributed by atoms with Gasteiger partial charge in [0.1, 0.15) is 5.82 Å². The van der Waals surface area contributed by atoms with E-state index in [0.29, 0.717) is 17.1 Å². The fourth-order valence-corrected chi connectivity index (χ4v) is 3.00. The molecule has 2 aromatic carbocycles. The quantitative estimate of drug-likeness (QED) is 0.560. The molecule has 0 amide bonds. The number of nitrogens with zero attached hydrogens (tertiary/aromatic N) is 2. The zero-order chi connectivity index (χ0) is 18.1. The Morgan fingerprint density at radius 2 is 1.73 bits per heavy atom. The number of imidazole rings is 1. The molecule has 2 heterocycles. The molecule has 5 heteroatoms. The molecule has 4 rings (SSSR count). The fourth-order valence-electron chi connectivity index (χ4n) is 3.00. The Labute approximate surface area is 150 Å². The Hall–Kier alpha value is -3.47. The van der Waals surface area contributed by atoms with E-state index in [9.17, 15) is 4.79 Å². The molecule has 0 unspecified atom stereocenters. The molecule has 2 aromatic heterocycles. The third kappa shape index (κ3) is 2.73. The minimum atomic E-state index is -0.410. The fraction of sp³-hybridized carbons (Fsp3) is 0.0952. The SMILES string of the molecule is COC(=O)c1cc(-c2nc3ccccc3[nH]2)c(-c2ccccc2)nc1C. The average Bonchev–Trinajstić information content (AvgIpc) is 3.12. The average molecular weight is 343 g/mol. The number of H-pyrrole nitrogens is 1. The van der Waals surface area contributed by atoms with Gasteiger partial charge < -0.3 is 9.72 Å². The highest BCUT2D eigenvalue weighted by Gasteiger charge is 2.19. The van der Waals surface area contributed by atoms with Gasteiger partial charge in [0.25, 0.3) is 0 Å². The van der Waals surface area contributed by atoms with Crippen molar-refractivity contribution in [2.45, 2.75) is 6.92 Å². The molecule has 0 saturated carbocycles. The van der Waals surface area contributed by atoms with Crippen molar-refractivity contribution in [1.82, 2.24) is 15.0 Å². The van der Waals surface area contributed by atoms with Gasteiger partial charge in [-0.1, -0.05) is 42.5 Å². The van der Waals surface area contributed by atoms with Crippen LogP contribution in [-0.2, 0) is 4.74 Å². The number of hydrogen-bond donors (Lipinski definition) is 1. The number of esters is 1. The number of ether oxygens (including phenoxy) is 1. The molecule has 0 radical (unpaired) electrons. The standard InChI is InChI=1S/C21H17N3O2/c1-13-15(21(25)26-2)12-16(19(22-13)14-8-4-3-5-9-14)20-23-17-10-6-7-11-18(17)24-20/h3-12H,1-2H3,(H,23,24). The van der Waals surface area contributed by atoms with Crippen LogP contribution >= 0.6 is 0 Å². The zero-order valence-corrected chi connectivity index (χ0v) is 14.5. The van der Waals surface area contributed by atoms with Crippen LogP contribution < -0.4 is 0 Å². The van der Waals surface area contributed by atoms with Crippen molar-refractivity contribution in [1.29, 1.82) is 0 Å². The summed E-state index contributed by atoms with van der Waals surface area (Å²) in [6.07, 6.45) is 0. The summed E-state index contributed by atoms with van der Waals surface area (Å²) in [7, 11) is 1.37. The first-order chi connectivity index (χ1) is 12.7. The van der Waals surface area contributed by atoms with Crippen molar-refractivity contribution in [3.05, 3.63) is 71.9 Å². The number of nitrogens with one attached hydrogen (secondary N) is 1. The summed E-state index contributed by atoms with van der Waals surface area (Å²) in [5, 5.41) is 0. The van der Waals surface area contributed by atoms with E-state index in [0.717, 1.165) is 27.9 Å². The van der Waals surface area contributed by atoms with E-state index in [4.69, 9.17) is 9.72 Å². The van der Waals surface area contributed by atoms with Crippen LogP contribution in [0.5, 0.6) is 0 Å². The Bertz CT molecular complexity index is 1070. The van der Waals surface area contributed by atoms with Gasteiger partial charge in [0.15, 0.2) is 0 Å². The summed E-state index contributed by atoms with van der Waals surface area (Å²) in [5.74, 6) is 0.259. The van der Waals surface area contributed by atoms with Crippen LogP contribution in [0.15, 0.2) is 60.7 Å². The van der Waals surface area contributed by atoms with Gasteiger partial charge in [0.2, 0.25) is 0 Å². The number of methoxy groups -OCH3 is 1. The molecule has 0 aliphatic rings. The highest BCUT2D eigenvalue weighted by Crippen LogP contribution is 2.32. The predicted molar refractivity (Wildman–Crippen MR) is 101 cm³/mol. The number of aryl methyl sites for hydroxylation is 1. The molecule has 4 aromatic rings. The minimum absolute atomic E-state index is 0.410. The lowest BCUT2D eigenvalue weighted by atomic mass is 10.0. The molecule has 1 N–H and O–H groups in total. The maximum absolute atomic E-state index is 12.1. The molecule has 128 valence electrons. The monoisotopic (exact) mass is 343 g/mol. The maximum Gasteiger partial charge on any atom is 0.339 e. The number of hydrogen-bond acceptors (Lipinski definition) is 4. The third-order valence-corrected chi connectivity index (χ3v) is 4.31. The van der Waals surface area contributed by atoms with Crippen LogP contribution in [0.2, 0.25) is 0 Å². The van der Waals surface area contributed by atoms with E-state index in [2.05, 4.69) is 9.97 Å². The largest absolute Gasteiger partial charge is 0.465 e. The van der Waals surface area contributed by atoms with Crippen LogP contribution in [0.4, 0.5) is 0 Å². The Kier molecular flexibility index (Phi) is 3.97. The highest BCUT2D eigenvalue weighted by molar-refractivity contribution is 5.94. The van der Waals surface area contributed by atoms with Gasteiger partial charge in [-0.3, -0.25) is 4.98 Å². The van der Waals surface area contributed by atoms with Crippen LogP contribution in [0.3, 0.4) is 0 Å². The van der Waals surface area contributed by atoms with Gasteiger partial charge in [-0.05, 0) is 25.1 Å². The molecule has 0 aliphatic heterocycles. The lowest BCUT2D eigenvalue weighted by Gasteiger charge is -2.11. The first-order valence-electron chi connectivity index (χ1n) is 8.28. The normalized spacial score (nSPS) is 10.8. The number of rotatable bonds is 3. The number of pyridine rings is 1. The number of aromatic nitrogens is 3. The smallest absolute Gasteiger partial charge is 0.339 e.